The maximum Gasteiger partial charge on any atom is 0.310 e. The number of allylic oxidation sites excluding steroid dienone is 1. The average molecular weight is 611 g/mol. The lowest BCUT2D eigenvalue weighted by molar-refractivity contribution is -0.154. The molecule has 0 radical (unpaired) electrons. The Morgan fingerprint density at radius 1 is 1.07 bits per heavy atom. The molecule has 44 heavy (non-hydrogen) atoms. The van der Waals surface area contributed by atoms with Crippen molar-refractivity contribution < 1.29 is 24.2 Å². The van der Waals surface area contributed by atoms with Crippen LogP contribution >= 0.6 is 11.8 Å². The second-order valence-corrected chi connectivity index (χ2v) is 13.4. The largest absolute Gasteiger partial charge is 0.465 e. The Bertz CT molecular complexity index is 1580. The minimum absolute atomic E-state index is 0.105. The number of hydrogen-bond donors (Lipinski definition) is 1. The first-order chi connectivity index (χ1) is 21.4. The van der Waals surface area contributed by atoms with Gasteiger partial charge in [0.1, 0.15) is 6.04 Å². The van der Waals surface area contributed by atoms with Gasteiger partial charge in [-0.1, -0.05) is 72.8 Å². The summed E-state index contributed by atoms with van der Waals surface area (Å²) in [6, 6.07) is 21.5. The maximum atomic E-state index is 15.0. The Morgan fingerprint density at radius 2 is 1.82 bits per heavy atom. The number of aliphatic hydroxyl groups is 1. The summed E-state index contributed by atoms with van der Waals surface area (Å²) in [6.07, 6.45) is 6.21. The average Bonchev–Trinajstić information content (AvgIpc) is 3.70. The molecule has 0 aliphatic carbocycles. The van der Waals surface area contributed by atoms with E-state index in [9.17, 15) is 19.5 Å². The molecule has 3 saturated heterocycles. The normalized spacial score (nSPS) is 25.9. The van der Waals surface area contributed by atoms with Crippen LogP contribution in [-0.2, 0) is 19.1 Å². The Hall–Kier alpha value is -3.88. The van der Waals surface area contributed by atoms with Gasteiger partial charge in [0.05, 0.1) is 35.8 Å². The van der Waals surface area contributed by atoms with E-state index in [0.717, 1.165) is 22.8 Å². The summed E-state index contributed by atoms with van der Waals surface area (Å²) in [6.45, 7) is 7.81. The third-order valence-electron chi connectivity index (χ3n) is 9.36. The molecule has 1 N–H and O–H groups in total. The molecule has 6 atom stereocenters. The van der Waals surface area contributed by atoms with Crippen molar-refractivity contribution in [2.45, 2.75) is 47.8 Å². The third-order valence-corrected chi connectivity index (χ3v) is 11.3. The number of benzene rings is 3. The fraction of sp³-hybridized carbons (Fsp3) is 0.361. The van der Waals surface area contributed by atoms with Crippen molar-refractivity contribution in [3.63, 3.8) is 0 Å². The Balaban J connectivity index is 1.43. The van der Waals surface area contributed by atoms with E-state index in [4.69, 9.17) is 4.74 Å². The van der Waals surface area contributed by atoms with E-state index in [-0.39, 0.29) is 42.8 Å². The van der Waals surface area contributed by atoms with Gasteiger partial charge in [-0.3, -0.25) is 14.4 Å². The summed E-state index contributed by atoms with van der Waals surface area (Å²) in [5, 5.41) is 12.7. The summed E-state index contributed by atoms with van der Waals surface area (Å²) >= 11 is 1.60. The lowest BCUT2D eigenvalue weighted by Crippen LogP contribution is -2.56. The van der Waals surface area contributed by atoms with E-state index in [0.29, 0.717) is 24.9 Å². The number of anilines is 1. The molecular formula is C36H38N2O5S. The van der Waals surface area contributed by atoms with Gasteiger partial charge in [-0.05, 0) is 54.2 Å². The number of fused-ring (bicyclic) bond motifs is 2. The zero-order chi connectivity index (χ0) is 30.8. The number of unbranched alkanes of at least 4 members (excludes halogenated alkanes) is 1. The SMILES string of the molecule is C=CCCCOC(=O)[C@@H]1[C@H]2C(=O)N([C@H](CO)c3ccccc3)C(C(=O)N(CC=C)c3ccc4ccccc4c3)C23CC[C@H]1S3. The zero-order valence-corrected chi connectivity index (χ0v) is 25.5. The van der Waals surface area contributed by atoms with Crippen LogP contribution in [0.3, 0.4) is 0 Å². The first kappa shape index (κ1) is 30.2. The lowest BCUT2D eigenvalue weighted by Gasteiger charge is -2.39. The van der Waals surface area contributed by atoms with Crippen molar-refractivity contribution in [3.05, 3.63) is 104 Å². The Morgan fingerprint density at radius 3 is 2.55 bits per heavy atom. The van der Waals surface area contributed by atoms with Gasteiger partial charge in [-0.25, -0.2) is 0 Å². The monoisotopic (exact) mass is 610 g/mol. The van der Waals surface area contributed by atoms with Gasteiger partial charge < -0.3 is 19.6 Å². The number of thioether (sulfide) groups is 1. The molecule has 3 aromatic rings. The highest BCUT2D eigenvalue weighted by atomic mass is 32.2. The highest BCUT2D eigenvalue weighted by molar-refractivity contribution is 8.02. The maximum absolute atomic E-state index is 15.0. The first-order valence-electron chi connectivity index (χ1n) is 15.3. The van der Waals surface area contributed by atoms with Gasteiger partial charge in [-0.15, -0.1) is 24.9 Å². The fourth-order valence-corrected chi connectivity index (χ4v) is 9.63. The van der Waals surface area contributed by atoms with Crippen molar-refractivity contribution in [1.82, 2.24) is 4.90 Å². The third kappa shape index (κ3) is 5.04. The van der Waals surface area contributed by atoms with Gasteiger partial charge >= 0.3 is 5.97 Å². The topological polar surface area (TPSA) is 87.1 Å². The second kappa shape index (κ2) is 12.6. The van der Waals surface area contributed by atoms with Crippen LogP contribution in [0.5, 0.6) is 0 Å². The van der Waals surface area contributed by atoms with Gasteiger partial charge in [0.2, 0.25) is 5.91 Å². The molecule has 2 amide bonds. The van der Waals surface area contributed by atoms with E-state index in [1.807, 2.05) is 72.8 Å². The Kier molecular flexibility index (Phi) is 8.65. The molecule has 8 heteroatoms. The number of hydrogen-bond acceptors (Lipinski definition) is 6. The quantitative estimate of drug-likeness (QED) is 0.161. The highest BCUT2D eigenvalue weighted by Crippen LogP contribution is 2.67. The minimum Gasteiger partial charge on any atom is -0.465 e. The number of ether oxygens (including phenoxy) is 1. The van der Waals surface area contributed by atoms with Crippen LogP contribution in [-0.4, -0.2) is 63.6 Å². The predicted molar refractivity (Wildman–Crippen MR) is 174 cm³/mol. The smallest absolute Gasteiger partial charge is 0.310 e. The molecule has 3 fully saturated rings. The summed E-state index contributed by atoms with van der Waals surface area (Å²) in [5.74, 6) is -2.25. The first-order valence-corrected chi connectivity index (χ1v) is 16.2. The van der Waals surface area contributed by atoms with Crippen LogP contribution < -0.4 is 4.90 Å². The number of aliphatic hydroxyl groups excluding tert-OH is 1. The fourth-order valence-electron chi connectivity index (χ4n) is 7.44. The summed E-state index contributed by atoms with van der Waals surface area (Å²) in [5.41, 5.74) is 1.44. The second-order valence-electron chi connectivity index (χ2n) is 11.8. The molecule has 3 aromatic carbocycles. The molecular weight excluding hydrogens is 572 g/mol. The van der Waals surface area contributed by atoms with E-state index in [1.165, 1.54) is 0 Å². The van der Waals surface area contributed by atoms with E-state index >= 15 is 0 Å². The molecule has 2 unspecified atom stereocenters. The van der Waals surface area contributed by atoms with Gasteiger partial charge in [0, 0.05) is 17.5 Å². The van der Waals surface area contributed by atoms with Crippen LogP contribution in [0.25, 0.3) is 10.8 Å². The number of esters is 1. The van der Waals surface area contributed by atoms with Crippen molar-refractivity contribution >= 4 is 46.0 Å². The Labute approximate surface area is 262 Å². The number of nitrogens with zero attached hydrogens (tertiary/aromatic N) is 2. The molecule has 1 spiro atoms. The van der Waals surface area contributed by atoms with Crippen molar-refractivity contribution in [1.29, 1.82) is 0 Å². The van der Waals surface area contributed by atoms with Crippen LogP contribution in [0, 0.1) is 11.8 Å². The number of likely N-dealkylation sites (tertiary alicyclic amines) is 1. The lowest BCUT2D eigenvalue weighted by atomic mass is 9.71. The van der Waals surface area contributed by atoms with E-state index < -0.39 is 28.7 Å². The molecule has 3 heterocycles. The van der Waals surface area contributed by atoms with E-state index in [1.54, 1.807) is 33.7 Å². The number of rotatable bonds is 12. The molecule has 2 bridgehead atoms. The predicted octanol–water partition coefficient (Wildman–Crippen LogP) is 5.69. The van der Waals surface area contributed by atoms with Crippen LogP contribution in [0.2, 0.25) is 0 Å². The summed E-state index contributed by atoms with van der Waals surface area (Å²) < 4.78 is 4.89. The van der Waals surface area contributed by atoms with Gasteiger partial charge in [0.15, 0.2) is 0 Å². The molecule has 3 aliphatic heterocycles. The van der Waals surface area contributed by atoms with Crippen molar-refractivity contribution in [2.75, 3.05) is 24.7 Å². The summed E-state index contributed by atoms with van der Waals surface area (Å²) in [7, 11) is 0. The highest BCUT2D eigenvalue weighted by Gasteiger charge is 2.75. The molecule has 6 rings (SSSR count). The van der Waals surface area contributed by atoms with Gasteiger partial charge in [0.25, 0.3) is 5.91 Å². The van der Waals surface area contributed by atoms with E-state index in [2.05, 4.69) is 13.2 Å². The molecule has 0 aromatic heterocycles. The summed E-state index contributed by atoms with van der Waals surface area (Å²) in [4.78, 5) is 46.5. The minimum atomic E-state index is -0.891. The van der Waals surface area contributed by atoms with Crippen molar-refractivity contribution in [3.8, 4) is 0 Å². The zero-order valence-electron chi connectivity index (χ0n) is 24.7. The van der Waals surface area contributed by atoms with Crippen LogP contribution in [0.4, 0.5) is 5.69 Å². The standard InChI is InChI=1S/C36H38N2O5S/c1-3-5-11-21-43-35(42)30-29-18-19-36(44-29)31(30)33(40)38(28(23-39)25-13-7-6-8-14-25)32(36)34(41)37(20-4-2)27-17-16-24-12-9-10-15-26(24)22-27/h3-4,6-10,12-17,22,28-32,39H,1-2,5,11,18-21,23H2/t28-,29-,30+,31+,32?,36?/m1/s1. The van der Waals surface area contributed by atoms with Crippen molar-refractivity contribution in [2.24, 2.45) is 11.8 Å². The van der Waals surface area contributed by atoms with Gasteiger partial charge in [-0.2, -0.15) is 0 Å². The molecule has 0 saturated carbocycles. The molecule has 228 valence electrons. The number of carbonyl (C=O) groups excluding carboxylic acids is 3. The van der Waals surface area contributed by atoms with Crippen LogP contribution in [0.15, 0.2) is 98.1 Å². The molecule has 7 nitrogen and oxygen atoms in total. The number of amides is 2. The molecule has 3 aliphatic rings. The van der Waals surface area contributed by atoms with Crippen LogP contribution in [0.1, 0.15) is 37.3 Å². The number of carbonyl (C=O) groups is 3.